The van der Waals surface area contributed by atoms with Crippen LogP contribution in [0.3, 0.4) is 0 Å². The van der Waals surface area contributed by atoms with Crippen molar-refractivity contribution in [3.05, 3.63) is 34.9 Å². The second kappa shape index (κ2) is 7.92. The minimum atomic E-state index is -3.34. The fraction of sp³-hybridized carbons (Fsp3) is 0.500. The van der Waals surface area contributed by atoms with Crippen molar-refractivity contribution in [3.63, 3.8) is 0 Å². The fourth-order valence-electron chi connectivity index (χ4n) is 2.12. The van der Waals surface area contributed by atoms with Crippen molar-refractivity contribution in [1.29, 1.82) is 0 Å². The maximum absolute atomic E-state index is 12.1. The topological polar surface area (TPSA) is 75.7 Å². The highest BCUT2D eigenvalue weighted by molar-refractivity contribution is 7.89. The van der Waals surface area contributed by atoms with E-state index >= 15 is 0 Å². The molecule has 0 atom stereocenters. The van der Waals surface area contributed by atoms with Gasteiger partial charge in [-0.25, -0.2) is 8.42 Å². The van der Waals surface area contributed by atoms with E-state index in [2.05, 4.69) is 5.32 Å². The van der Waals surface area contributed by atoms with Crippen LogP contribution in [-0.2, 0) is 26.0 Å². The monoisotopic (exact) mass is 346 g/mol. The molecule has 1 fully saturated rings. The molecule has 1 N–H and O–H groups in total. The normalized spacial score (nSPS) is 16.4. The van der Waals surface area contributed by atoms with Crippen molar-refractivity contribution in [2.24, 2.45) is 0 Å². The summed E-state index contributed by atoms with van der Waals surface area (Å²) in [6.45, 7) is 1.69. The van der Waals surface area contributed by atoms with E-state index < -0.39 is 10.0 Å². The Morgan fingerprint density at radius 1 is 1.23 bits per heavy atom. The number of nitrogens with zero attached hydrogens (tertiary/aromatic N) is 1. The van der Waals surface area contributed by atoms with Crippen LogP contribution in [0.5, 0.6) is 0 Å². The highest BCUT2D eigenvalue weighted by Gasteiger charge is 2.23. The van der Waals surface area contributed by atoms with Crippen LogP contribution in [0.1, 0.15) is 5.56 Å². The Morgan fingerprint density at radius 3 is 2.50 bits per heavy atom. The molecule has 1 saturated heterocycles. The summed E-state index contributed by atoms with van der Waals surface area (Å²) in [5, 5.41) is 3.24. The first-order valence-electron chi connectivity index (χ1n) is 7.04. The van der Waals surface area contributed by atoms with Gasteiger partial charge in [0, 0.05) is 24.7 Å². The minimum Gasteiger partial charge on any atom is -0.379 e. The lowest BCUT2D eigenvalue weighted by Gasteiger charge is -2.26. The number of nitrogens with one attached hydrogen (secondary N) is 1. The Balaban J connectivity index is 1.75. The minimum absolute atomic E-state index is 0.0979. The molecule has 2 rings (SSSR count). The number of amides is 1. The predicted octanol–water partition coefficient (Wildman–Crippen LogP) is 0.661. The Hall–Kier alpha value is -1.15. The Kier molecular flexibility index (Phi) is 6.19. The number of rotatable bonds is 6. The lowest BCUT2D eigenvalue weighted by Crippen LogP contribution is -2.43. The summed E-state index contributed by atoms with van der Waals surface area (Å²) in [6, 6.07) is 6.97. The summed E-state index contributed by atoms with van der Waals surface area (Å²) in [5.41, 5.74) is 0.831. The molecule has 1 aromatic rings. The Bertz CT molecular complexity index is 598. The molecular weight excluding hydrogens is 328 g/mol. The number of hydrogen-bond donors (Lipinski definition) is 1. The number of carbonyl (C=O) groups excluding carboxylic acids is 1. The third-order valence-electron chi connectivity index (χ3n) is 3.32. The summed E-state index contributed by atoms with van der Waals surface area (Å²) < 4.78 is 30.7. The first-order chi connectivity index (χ1) is 10.5. The van der Waals surface area contributed by atoms with Gasteiger partial charge in [0.05, 0.1) is 25.4 Å². The van der Waals surface area contributed by atoms with Gasteiger partial charge in [0.2, 0.25) is 15.9 Å². The summed E-state index contributed by atoms with van der Waals surface area (Å²) in [5.74, 6) is -0.307. The summed E-state index contributed by atoms with van der Waals surface area (Å²) in [4.78, 5) is 11.8. The molecular formula is C14H19ClN2O4S. The standard InChI is InChI=1S/C14H19ClN2O4S/c15-13-3-1-12(2-4-13)11-14(18)16-5-10-22(19,20)17-6-8-21-9-7-17/h1-4H,5-11H2,(H,16,18). The molecule has 1 aliphatic rings. The van der Waals surface area contributed by atoms with Crippen LogP contribution in [0, 0.1) is 0 Å². The smallest absolute Gasteiger partial charge is 0.224 e. The molecule has 6 nitrogen and oxygen atoms in total. The van der Waals surface area contributed by atoms with Crippen LogP contribution in [0.2, 0.25) is 5.02 Å². The van der Waals surface area contributed by atoms with Crippen LogP contribution in [0.15, 0.2) is 24.3 Å². The van der Waals surface area contributed by atoms with Crippen LogP contribution in [0.25, 0.3) is 0 Å². The van der Waals surface area contributed by atoms with Gasteiger partial charge < -0.3 is 10.1 Å². The molecule has 0 radical (unpaired) electrons. The maximum Gasteiger partial charge on any atom is 0.224 e. The van der Waals surface area contributed by atoms with E-state index in [4.69, 9.17) is 16.3 Å². The summed E-state index contributed by atoms with van der Waals surface area (Å²) in [6.07, 6.45) is 0.203. The number of benzene rings is 1. The van der Waals surface area contributed by atoms with Gasteiger partial charge in [0.25, 0.3) is 0 Å². The predicted molar refractivity (Wildman–Crippen MR) is 84.3 cm³/mol. The van der Waals surface area contributed by atoms with E-state index in [1.54, 1.807) is 24.3 Å². The van der Waals surface area contributed by atoms with Gasteiger partial charge >= 0.3 is 0 Å². The van der Waals surface area contributed by atoms with Crippen molar-refractivity contribution in [2.45, 2.75) is 6.42 Å². The van der Waals surface area contributed by atoms with E-state index in [9.17, 15) is 13.2 Å². The summed E-state index contributed by atoms with van der Waals surface area (Å²) in [7, 11) is -3.34. The zero-order chi connectivity index (χ0) is 16.0. The number of hydrogen-bond acceptors (Lipinski definition) is 4. The molecule has 22 heavy (non-hydrogen) atoms. The number of ether oxygens (including phenoxy) is 1. The first-order valence-corrected chi connectivity index (χ1v) is 9.03. The molecule has 122 valence electrons. The van der Waals surface area contributed by atoms with Gasteiger partial charge in [-0.3, -0.25) is 4.79 Å². The van der Waals surface area contributed by atoms with Crippen LogP contribution in [-0.4, -0.2) is 57.2 Å². The number of sulfonamides is 1. The second-order valence-electron chi connectivity index (χ2n) is 4.98. The molecule has 1 amide bonds. The van der Waals surface area contributed by atoms with Crippen LogP contribution in [0.4, 0.5) is 0 Å². The third-order valence-corrected chi connectivity index (χ3v) is 5.45. The van der Waals surface area contributed by atoms with Crippen molar-refractivity contribution in [3.8, 4) is 0 Å². The van der Waals surface area contributed by atoms with E-state index in [0.717, 1.165) is 5.56 Å². The van der Waals surface area contributed by atoms with Crippen molar-refractivity contribution in [2.75, 3.05) is 38.6 Å². The number of morpholine rings is 1. The largest absolute Gasteiger partial charge is 0.379 e. The Labute approximate surface area is 135 Å². The van der Waals surface area contributed by atoms with Crippen molar-refractivity contribution >= 4 is 27.5 Å². The molecule has 0 spiro atoms. The van der Waals surface area contributed by atoms with E-state index in [0.29, 0.717) is 31.3 Å². The maximum atomic E-state index is 12.1. The Morgan fingerprint density at radius 2 is 1.86 bits per heavy atom. The zero-order valence-electron chi connectivity index (χ0n) is 12.1. The molecule has 8 heteroatoms. The van der Waals surface area contributed by atoms with E-state index in [1.165, 1.54) is 4.31 Å². The average Bonchev–Trinajstić information content (AvgIpc) is 2.50. The molecule has 0 bridgehead atoms. The van der Waals surface area contributed by atoms with E-state index in [-0.39, 0.29) is 24.6 Å². The van der Waals surface area contributed by atoms with Crippen LogP contribution >= 0.6 is 11.6 Å². The second-order valence-corrected chi connectivity index (χ2v) is 7.51. The van der Waals surface area contributed by atoms with Gasteiger partial charge in [-0.15, -0.1) is 0 Å². The van der Waals surface area contributed by atoms with Crippen molar-refractivity contribution < 1.29 is 17.9 Å². The van der Waals surface area contributed by atoms with Gasteiger partial charge in [-0.2, -0.15) is 4.31 Å². The van der Waals surface area contributed by atoms with Gasteiger partial charge in [0.15, 0.2) is 0 Å². The lowest BCUT2D eigenvalue weighted by atomic mass is 10.1. The third kappa shape index (κ3) is 5.24. The van der Waals surface area contributed by atoms with Gasteiger partial charge in [0.1, 0.15) is 0 Å². The first kappa shape index (κ1) is 17.2. The zero-order valence-corrected chi connectivity index (χ0v) is 13.7. The number of halogens is 1. The molecule has 0 aliphatic carbocycles. The van der Waals surface area contributed by atoms with Crippen LogP contribution < -0.4 is 5.32 Å². The van der Waals surface area contributed by atoms with Crippen molar-refractivity contribution in [1.82, 2.24) is 9.62 Å². The van der Waals surface area contributed by atoms with Gasteiger partial charge in [-0.1, -0.05) is 23.7 Å². The quantitative estimate of drug-likeness (QED) is 0.821. The van der Waals surface area contributed by atoms with E-state index in [1.807, 2.05) is 0 Å². The highest BCUT2D eigenvalue weighted by Crippen LogP contribution is 2.10. The molecule has 1 heterocycles. The summed E-state index contributed by atoms with van der Waals surface area (Å²) >= 11 is 5.78. The SMILES string of the molecule is O=C(Cc1ccc(Cl)cc1)NCCS(=O)(=O)N1CCOCC1. The lowest BCUT2D eigenvalue weighted by molar-refractivity contribution is -0.120. The molecule has 0 aromatic heterocycles. The average molecular weight is 347 g/mol. The number of carbonyl (C=O) groups is 1. The van der Waals surface area contributed by atoms with Gasteiger partial charge in [-0.05, 0) is 17.7 Å². The molecule has 1 aromatic carbocycles. The molecule has 0 saturated carbocycles. The molecule has 0 unspecified atom stereocenters. The highest BCUT2D eigenvalue weighted by atomic mass is 35.5. The molecule has 1 aliphatic heterocycles. The fourth-order valence-corrected chi connectivity index (χ4v) is 3.57.